The number of thiophene rings is 1. The van der Waals surface area contributed by atoms with Crippen molar-refractivity contribution in [3.05, 3.63) is 38.5 Å². The van der Waals surface area contributed by atoms with Crippen molar-refractivity contribution in [2.45, 2.75) is 33.4 Å². The number of aliphatic hydroxyl groups excluding tert-OH is 1. The van der Waals surface area contributed by atoms with Crippen LogP contribution in [-0.2, 0) is 6.54 Å². The number of hydrogen-bond acceptors (Lipinski definition) is 5. The van der Waals surface area contributed by atoms with Gasteiger partial charge in [-0.3, -0.25) is 0 Å². The molecule has 0 aromatic carbocycles. The van der Waals surface area contributed by atoms with Gasteiger partial charge in [0, 0.05) is 21.4 Å². The number of aliphatic hydroxyl groups is 1. The highest BCUT2D eigenvalue weighted by atomic mass is 32.1. The van der Waals surface area contributed by atoms with Crippen molar-refractivity contribution in [1.82, 2.24) is 15.6 Å². The van der Waals surface area contributed by atoms with E-state index < -0.39 is 5.41 Å². The van der Waals surface area contributed by atoms with Gasteiger partial charge in [-0.25, -0.2) is 9.78 Å². The normalized spacial score (nSPS) is 12.9. The molecule has 0 unspecified atom stereocenters. The van der Waals surface area contributed by atoms with Crippen LogP contribution in [0.5, 0.6) is 0 Å². The standard InChI is InChI=1S/C15H21N3O2S2/c1-10-8-22-12(17-10)7-16-14(20)18-13(15(2,3)9-19)11-5-4-6-21-11/h4-6,8,13,19H,7,9H2,1-3H3,(H2,16,18,20)/t13-/m1/s1. The van der Waals surface area contributed by atoms with E-state index in [-0.39, 0.29) is 18.7 Å². The van der Waals surface area contributed by atoms with Crippen LogP contribution in [0.25, 0.3) is 0 Å². The molecule has 0 radical (unpaired) electrons. The van der Waals surface area contributed by atoms with Crippen molar-refractivity contribution in [1.29, 1.82) is 0 Å². The fraction of sp³-hybridized carbons (Fsp3) is 0.467. The first-order valence-electron chi connectivity index (χ1n) is 7.02. The summed E-state index contributed by atoms with van der Waals surface area (Å²) in [6, 6.07) is 3.42. The number of hydrogen-bond donors (Lipinski definition) is 3. The van der Waals surface area contributed by atoms with Gasteiger partial charge in [-0.15, -0.1) is 22.7 Å². The van der Waals surface area contributed by atoms with Gasteiger partial charge in [0.2, 0.25) is 0 Å². The van der Waals surface area contributed by atoms with E-state index in [4.69, 9.17) is 0 Å². The van der Waals surface area contributed by atoms with Gasteiger partial charge in [0.25, 0.3) is 0 Å². The lowest BCUT2D eigenvalue weighted by Gasteiger charge is -2.32. The number of urea groups is 1. The maximum Gasteiger partial charge on any atom is 0.315 e. The Balaban J connectivity index is 1.99. The van der Waals surface area contributed by atoms with E-state index in [1.807, 2.05) is 43.7 Å². The minimum Gasteiger partial charge on any atom is -0.396 e. The van der Waals surface area contributed by atoms with Crippen LogP contribution in [0.4, 0.5) is 4.79 Å². The molecule has 0 fully saturated rings. The lowest BCUT2D eigenvalue weighted by Crippen LogP contribution is -2.44. The molecule has 7 heteroatoms. The van der Waals surface area contributed by atoms with Crippen molar-refractivity contribution >= 4 is 28.7 Å². The minimum absolute atomic E-state index is 0.0124. The summed E-state index contributed by atoms with van der Waals surface area (Å²) >= 11 is 3.10. The van der Waals surface area contributed by atoms with Crippen molar-refractivity contribution in [2.24, 2.45) is 5.41 Å². The molecule has 0 bridgehead atoms. The summed E-state index contributed by atoms with van der Waals surface area (Å²) < 4.78 is 0. The molecule has 5 nitrogen and oxygen atoms in total. The number of nitrogens with one attached hydrogen (secondary N) is 2. The number of thiazole rings is 1. The van der Waals surface area contributed by atoms with E-state index in [0.29, 0.717) is 6.54 Å². The Bertz CT molecular complexity index is 608. The Kier molecular flexibility index (Phi) is 5.55. The lowest BCUT2D eigenvalue weighted by atomic mass is 9.84. The van der Waals surface area contributed by atoms with E-state index in [1.54, 1.807) is 11.3 Å². The summed E-state index contributed by atoms with van der Waals surface area (Å²) in [4.78, 5) is 17.5. The summed E-state index contributed by atoms with van der Waals surface area (Å²) in [5, 5.41) is 20.2. The van der Waals surface area contributed by atoms with Gasteiger partial charge < -0.3 is 15.7 Å². The van der Waals surface area contributed by atoms with E-state index in [1.165, 1.54) is 11.3 Å². The van der Waals surface area contributed by atoms with Gasteiger partial charge in [-0.2, -0.15) is 0 Å². The van der Waals surface area contributed by atoms with Gasteiger partial charge in [-0.05, 0) is 18.4 Å². The van der Waals surface area contributed by atoms with Crippen LogP contribution in [-0.4, -0.2) is 22.7 Å². The van der Waals surface area contributed by atoms with Crippen LogP contribution >= 0.6 is 22.7 Å². The summed E-state index contributed by atoms with van der Waals surface area (Å²) in [6.07, 6.45) is 0. The number of carbonyl (C=O) groups excluding carboxylic acids is 1. The molecular formula is C15H21N3O2S2. The largest absolute Gasteiger partial charge is 0.396 e. The van der Waals surface area contributed by atoms with Gasteiger partial charge in [0.1, 0.15) is 5.01 Å². The maximum absolute atomic E-state index is 12.2. The highest BCUT2D eigenvalue weighted by Crippen LogP contribution is 2.35. The lowest BCUT2D eigenvalue weighted by molar-refractivity contribution is 0.119. The molecule has 0 spiro atoms. The quantitative estimate of drug-likeness (QED) is 0.757. The molecule has 0 saturated heterocycles. The predicted octanol–water partition coefficient (Wildman–Crippen LogP) is 3.07. The zero-order valence-corrected chi connectivity index (χ0v) is 14.6. The van der Waals surface area contributed by atoms with Crippen LogP contribution in [0.15, 0.2) is 22.9 Å². The van der Waals surface area contributed by atoms with Crippen LogP contribution < -0.4 is 10.6 Å². The number of amides is 2. The summed E-state index contributed by atoms with van der Waals surface area (Å²) in [7, 11) is 0. The number of rotatable bonds is 6. The second-order valence-electron chi connectivity index (χ2n) is 5.80. The second kappa shape index (κ2) is 7.21. The van der Waals surface area contributed by atoms with Crippen molar-refractivity contribution in [3.8, 4) is 0 Å². The SMILES string of the molecule is Cc1csc(CNC(=O)N[C@H](c2cccs2)C(C)(C)CO)n1. The van der Waals surface area contributed by atoms with E-state index in [0.717, 1.165) is 15.6 Å². The molecule has 1 atom stereocenters. The summed E-state index contributed by atoms with van der Waals surface area (Å²) in [5.41, 5.74) is 0.514. The number of aryl methyl sites for hydroxylation is 1. The zero-order chi connectivity index (χ0) is 16.2. The first-order chi connectivity index (χ1) is 10.4. The molecule has 3 N–H and O–H groups in total. The highest BCUT2D eigenvalue weighted by Gasteiger charge is 2.32. The Labute approximate surface area is 138 Å². The van der Waals surface area contributed by atoms with E-state index in [2.05, 4.69) is 15.6 Å². The van der Waals surface area contributed by atoms with Crippen molar-refractivity contribution < 1.29 is 9.90 Å². The molecule has 2 rings (SSSR count). The Morgan fingerprint density at radius 3 is 2.77 bits per heavy atom. The fourth-order valence-electron chi connectivity index (χ4n) is 2.02. The van der Waals surface area contributed by atoms with Crippen molar-refractivity contribution in [2.75, 3.05) is 6.61 Å². The Morgan fingerprint density at radius 2 is 2.23 bits per heavy atom. The smallest absolute Gasteiger partial charge is 0.315 e. The molecule has 120 valence electrons. The van der Waals surface area contributed by atoms with Gasteiger partial charge in [-0.1, -0.05) is 19.9 Å². The fourth-order valence-corrected chi connectivity index (χ4v) is 3.72. The molecule has 0 aliphatic rings. The molecule has 0 aliphatic heterocycles. The Hall–Kier alpha value is -1.44. The molecule has 2 amide bonds. The minimum atomic E-state index is -0.444. The first-order valence-corrected chi connectivity index (χ1v) is 8.78. The van der Waals surface area contributed by atoms with E-state index in [9.17, 15) is 9.90 Å². The number of carbonyl (C=O) groups is 1. The molecular weight excluding hydrogens is 318 g/mol. The Morgan fingerprint density at radius 1 is 1.45 bits per heavy atom. The topological polar surface area (TPSA) is 74.2 Å². The third-order valence-corrected chi connectivity index (χ3v) is 5.26. The van der Waals surface area contributed by atoms with Gasteiger partial charge in [0.05, 0.1) is 19.2 Å². The van der Waals surface area contributed by atoms with Crippen LogP contribution in [0.3, 0.4) is 0 Å². The molecule has 0 saturated carbocycles. The van der Waals surface area contributed by atoms with Crippen LogP contribution in [0.2, 0.25) is 0 Å². The predicted molar refractivity (Wildman–Crippen MR) is 90.1 cm³/mol. The average molecular weight is 339 g/mol. The molecule has 2 aromatic rings. The zero-order valence-electron chi connectivity index (χ0n) is 12.9. The van der Waals surface area contributed by atoms with Gasteiger partial charge >= 0.3 is 6.03 Å². The summed E-state index contributed by atoms with van der Waals surface area (Å²) in [6.45, 7) is 6.18. The molecule has 2 aromatic heterocycles. The second-order valence-corrected chi connectivity index (χ2v) is 7.73. The highest BCUT2D eigenvalue weighted by molar-refractivity contribution is 7.10. The molecule has 2 heterocycles. The number of nitrogens with zero attached hydrogens (tertiary/aromatic N) is 1. The molecule has 0 aliphatic carbocycles. The van der Waals surface area contributed by atoms with E-state index >= 15 is 0 Å². The average Bonchev–Trinajstić information content (AvgIpc) is 3.14. The monoisotopic (exact) mass is 339 g/mol. The van der Waals surface area contributed by atoms with Crippen LogP contribution in [0, 0.1) is 12.3 Å². The first kappa shape index (κ1) is 16.9. The maximum atomic E-state index is 12.2. The summed E-state index contributed by atoms with van der Waals surface area (Å²) in [5.74, 6) is 0. The van der Waals surface area contributed by atoms with Gasteiger partial charge in [0.15, 0.2) is 0 Å². The van der Waals surface area contributed by atoms with Crippen LogP contribution in [0.1, 0.15) is 35.5 Å². The number of aromatic nitrogens is 1. The molecule has 22 heavy (non-hydrogen) atoms. The van der Waals surface area contributed by atoms with Crippen molar-refractivity contribution in [3.63, 3.8) is 0 Å². The third kappa shape index (κ3) is 4.28. The third-order valence-electron chi connectivity index (χ3n) is 3.36.